The van der Waals surface area contributed by atoms with Crippen LogP contribution in [0.1, 0.15) is 31.2 Å². The lowest BCUT2D eigenvalue weighted by molar-refractivity contribution is 0.783. The van der Waals surface area contributed by atoms with E-state index >= 15 is 0 Å². The van der Waals surface area contributed by atoms with Crippen molar-refractivity contribution in [2.24, 2.45) is 0 Å². The van der Waals surface area contributed by atoms with Gasteiger partial charge in [0.1, 0.15) is 0 Å². The van der Waals surface area contributed by atoms with Gasteiger partial charge in [0.15, 0.2) is 0 Å². The predicted molar refractivity (Wildman–Crippen MR) is 52.8 cm³/mol. The summed E-state index contributed by atoms with van der Waals surface area (Å²) in [6.07, 6.45) is 3.46. The minimum Gasteiger partial charge on any atom is -0.241 e. The number of hydrogen-bond donors (Lipinski definition) is 0. The van der Waals surface area contributed by atoms with E-state index in [1.165, 1.54) is 0 Å². The third-order valence-corrected chi connectivity index (χ3v) is 1.76. The smallest absolute Gasteiger partial charge is 0.0660 e. The summed E-state index contributed by atoms with van der Waals surface area (Å²) >= 11 is 0. The molecule has 0 saturated heterocycles. The van der Waals surface area contributed by atoms with Gasteiger partial charge in [0.25, 0.3) is 0 Å². The molecule has 1 rings (SSSR count). The maximum atomic E-state index is 4.33. The van der Waals surface area contributed by atoms with Crippen LogP contribution in [0.2, 0.25) is 0 Å². The molecule has 0 atom stereocenters. The molecule has 0 amide bonds. The molecule has 0 aromatic carbocycles. The fraction of sp³-hybridized carbons (Fsp3) is 0.300. The molecule has 1 aromatic heterocycles. The Labute approximate surface area is 73.2 Å². The van der Waals surface area contributed by atoms with Gasteiger partial charge in [-0.15, -0.1) is 0 Å². The van der Waals surface area contributed by atoms with Gasteiger partial charge in [-0.05, 0) is 18.1 Å². The third kappa shape index (κ3) is 1.47. The zero-order valence-electron chi connectivity index (χ0n) is 7.62. The van der Waals surface area contributed by atoms with Crippen LogP contribution in [0.25, 0.3) is 12.3 Å². The molecule has 0 unspecified atom stereocenters. The van der Waals surface area contributed by atoms with Gasteiger partial charge in [-0.25, -0.2) is 4.68 Å². The summed E-state index contributed by atoms with van der Waals surface area (Å²) in [6, 6.07) is 2.03. The zero-order chi connectivity index (χ0) is 9.14. The first kappa shape index (κ1) is 8.78. The van der Waals surface area contributed by atoms with Crippen LogP contribution in [0.15, 0.2) is 19.2 Å². The second-order valence-corrected chi connectivity index (χ2v) is 2.98. The molecule has 0 spiro atoms. The molecule has 0 saturated carbocycles. The summed E-state index contributed by atoms with van der Waals surface area (Å²) < 4.78 is 1.74. The number of aromatic nitrogens is 2. The van der Waals surface area contributed by atoms with Crippen molar-refractivity contribution in [3.8, 4) is 0 Å². The van der Waals surface area contributed by atoms with Crippen LogP contribution >= 0.6 is 0 Å². The van der Waals surface area contributed by atoms with Gasteiger partial charge in [-0.2, -0.15) is 5.10 Å². The Morgan fingerprint density at radius 3 is 2.50 bits per heavy atom. The highest BCUT2D eigenvalue weighted by Gasteiger charge is 2.05. The Bertz CT molecular complexity index is 269. The Hall–Kier alpha value is -1.31. The molecule has 0 aliphatic carbocycles. The van der Waals surface area contributed by atoms with E-state index in [4.69, 9.17) is 0 Å². The van der Waals surface area contributed by atoms with Gasteiger partial charge in [-0.3, -0.25) is 0 Å². The van der Waals surface area contributed by atoms with Crippen LogP contribution < -0.4 is 0 Å². The third-order valence-electron chi connectivity index (χ3n) is 1.76. The van der Waals surface area contributed by atoms with E-state index in [-0.39, 0.29) is 0 Å². The van der Waals surface area contributed by atoms with Crippen LogP contribution in [0.3, 0.4) is 0 Å². The quantitative estimate of drug-likeness (QED) is 0.668. The molecule has 0 N–H and O–H groups in total. The standard InChI is InChI=1S/C10H14N2/c1-5-9-7-10(8(3)4)11-12(9)6-2/h5-8H,1-2H2,3-4H3. The summed E-state index contributed by atoms with van der Waals surface area (Å²) in [7, 11) is 0. The van der Waals surface area contributed by atoms with E-state index in [0.717, 1.165) is 11.4 Å². The molecular formula is C10H14N2. The van der Waals surface area contributed by atoms with Crippen LogP contribution in [-0.4, -0.2) is 9.78 Å². The zero-order valence-corrected chi connectivity index (χ0v) is 7.62. The Kier molecular flexibility index (Phi) is 2.48. The van der Waals surface area contributed by atoms with Crippen molar-refractivity contribution in [3.05, 3.63) is 30.6 Å². The first-order valence-corrected chi connectivity index (χ1v) is 4.03. The van der Waals surface area contributed by atoms with Crippen molar-refractivity contribution < 1.29 is 0 Å². The molecule has 0 radical (unpaired) electrons. The lowest BCUT2D eigenvalue weighted by Crippen LogP contribution is -1.93. The molecule has 0 aliphatic heterocycles. The highest BCUT2D eigenvalue weighted by molar-refractivity contribution is 5.46. The normalized spacial score (nSPS) is 10.2. The molecular weight excluding hydrogens is 148 g/mol. The lowest BCUT2D eigenvalue weighted by atomic mass is 10.1. The SMILES string of the molecule is C=Cc1cc(C(C)C)nn1C=C. The first-order valence-electron chi connectivity index (χ1n) is 4.03. The molecule has 2 nitrogen and oxygen atoms in total. The number of hydrogen-bond acceptors (Lipinski definition) is 1. The summed E-state index contributed by atoms with van der Waals surface area (Å²) in [5, 5.41) is 4.33. The highest BCUT2D eigenvalue weighted by atomic mass is 15.3. The predicted octanol–water partition coefficient (Wildman–Crippen LogP) is 2.75. The highest BCUT2D eigenvalue weighted by Crippen LogP contribution is 2.14. The van der Waals surface area contributed by atoms with E-state index in [1.807, 2.05) is 6.07 Å². The molecule has 1 heterocycles. The van der Waals surface area contributed by atoms with Gasteiger partial charge < -0.3 is 0 Å². The van der Waals surface area contributed by atoms with E-state index in [1.54, 1.807) is 17.0 Å². The van der Waals surface area contributed by atoms with E-state index in [2.05, 4.69) is 32.1 Å². The monoisotopic (exact) mass is 162 g/mol. The topological polar surface area (TPSA) is 17.8 Å². The first-order chi connectivity index (χ1) is 5.69. The number of nitrogens with zero attached hydrogens (tertiary/aromatic N) is 2. The van der Waals surface area contributed by atoms with Gasteiger partial charge >= 0.3 is 0 Å². The van der Waals surface area contributed by atoms with Crippen LogP contribution in [0.5, 0.6) is 0 Å². The molecule has 0 bridgehead atoms. The molecule has 0 aliphatic rings. The fourth-order valence-corrected chi connectivity index (χ4v) is 1.01. The maximum absolute atomic E-state index is 4.33. The van der Waals surface area contributed by atoms with Gasteiger partial charge in [0.2, 0.25) is 0 Å². The van der Waals surface area contributed by atoms with Crippen LogP contribution in [-0.2, 0) is 0 Å². The molecule has 64 valence electrons. The van der Waals surface area contributed by atoms with Crippen molar-refractivity contribution in [3.63, 3.8) is 0 Å². The van der Waals surface area contributed by atoms with Gasteiger partial charge in [0, 0.05) is 6.20 Å². The molecule has 1 aromatic rings. The second kappa shape index (κ2) is 3.39. The van der Waals surface area contributed by atoms with Crippen LogP contribution in [0, 0.1) is 0 Å². The Balaban J connectivity index is 3.13. The van der Waals surface area contributed by atoms with E-state index < -0.39 is 0 Å². The van der Waals surface area contributed by atoms with Crippen molar-refractivity contribution in [1.29, 1.82) is 0 Å². The Morgan fingerprint density at radius 1 is 1.50 bits per heavy atom. The van der Waals surface area contributed by atoms with E-state index in [0.29, 0.717) is 5.92 Å². The molecule has 2 heteroatoms. The average Bonchev–Trinajstić information content (AvgIpc) is 2.46. The molecule has 0 fully saturated rings. The van der Waals surface area contributed by atoms with Crippen molar-refractivity contribution >= 4 is 12.3 Å². The van der Waals surface area contributed by atoms with Crippen molar-refractivity contribution in [2.45, 2.75) is 19.8 Å². The minimum atomic E-state index is 0.449. The maximum Gasteiger partial charge on any atom is 0.0660 e. The van der Waals surface area contributed by atoms with Gasteiger partial charge in [0.05, 0.1) is 11.4 Å². The van der Waals surface area contributed by atoms with Crippen LogP contribution in [0.4, 0.5) is 0 Å². The van der Waals surface area contributed by atoms with E-state index in [9.17, 15) is 0 Å². The minimum absolute atomic E-state index is 0.449. The summed E-state index contributed by atoms with van der Waals surface area (Å²) in [4.78, 5) is 0. The summed E-state index contributed by atoms with van der Waals surface area (Å²) in [5.41, 5.74) is 2.07. The summed E-state index contributed by atoms with van der Waals surface area (Å²) in [6.45, 7) is 11.6. The van der Waals surface area contributed by atoms with Gasteiger partial charge in [-0.1, -0.05) is 27.0 Å². The average molecular weight is 162 g/mol. The number of rotatable bonds is 3. The fourth-order valence-electron chi connectivity index (χ4n) is 1.01. The lowest BCUT2D eigenvalue weighted by Gasteiger charge is -1.96. The Morgan fingerprint density at radius 2 is 2.17 bits per heavy atom. The molecule has 12 heavy (non-hydrogen) atoms. The van der Waals surface area contributed by atoms with Crippen molar-refractivity contribution in [1.82, 2.24) is 9.78 Å². The van der Waals surface area contributed by atoms with Crippen molar-refractivity contribution in [2.75, 3.05) is 0 Å². The summed E-state index contributed by atoms with van der Waals surface area (Å²) in [5.74, 6) is 0.449. The largest absolute Gasteiger partial charge is 0.241 e. The second-order valence-electron chi connectivity index (χ2n) is 2.98.